The second kappa shape index (κ2) is 8.13. The van der Waals surface area contributed by atoms with Crippen LogP contribution in [0.1, 0.15) is 23.2 Å². The van der Waals surface area contributed by atoms with Gasteiger partial charge in [-0.25, -0.2) is 0 Å². The number of nitrogens with zero attached hydrogens (tertiary/aromatic N) is 1. The van der Waals surface area contributed by atoms with E-state index in [4.69, 9.17) is 11.6 Å². The van der Waals surface area contributed by atoms with E-state index in [0.717, 1.165) is 30.8 Å². The van der Waals surface area contributed by atoms with E-state index >= 15 is 0 Å². The second-order valence-corrected chi connectivity index (χ2v) is 5.98. The molecule has 1 aliphatic heterocycles. The van der Waals surface area contributed by atoms with E-state index in [-0.39, 0.29) is 24.4 Å². The molecule has 1 unspecified atom stereocenters. The molecule has 1 saturated heterocycles. The summed E-state index contributed by atoms with van der Waals surface area (Å²) in [7, 11) is 1.92. The van der Waals surface area contributed by atoms with E-state index in [0.29, 0.717) is 10.6 Å². The molecule has 1 amide bonds. The number of likely N-dealkylation sites (N-methyl/N-ethyl adjacent to an activating group) is 1. The average Bonchev–Trinajstić information content (AvgIpc) is 2.87. The van der Waals surface area contributed by atoms with E-state index in [1.807, 2.05) is 36.4 Å². The lowest BCUT2D eigenvalue weighted by atomic mass is 10.1. The SMILES string of the molecule is CNCC1CCCN1C(=O)c1cc(SC)ccc1Cl.Cl. The lowest BCUT2D eigenvalue weighted by Gasteiger charge is -2.25. The third-order valence-corrected chi connectivity index (χ3v) is 4.54. The maximum atomic E-state index is 12.6. The van der Waals surface area contributed by atoms with Gasteiger partial charge in [0.25, 0.3) is 5.91 Å². The van der Waals surface area contributed by atoms with Gasteiger partial charge in [-0.05, 0) is 44.3 Å². The first kappa shape index (κ1) is 17.6. The summed E-state index contributed by atoms with van der Waals surface area (Å²) in [5, 5.41) is 3.69. The van der Waals surface area contributed by atoms with E-state index in [1.54, 1.807) is 11.8 Å². The lowest BCUT2D eigenvalue weighted by molar-refractivity contribution is 0.0737. The van der Waals surface area contributed by atoms with Crippen LogP contribution in [0.3, 0.4) is 0 Å². The molecule has 1 aromatic rings. The molecule has 112 valence electrons. The van der Waals surface area contributed by atoms with Gasteiger partial charge in [0.1, 0.15) is 0 Å². The van der Waals surface area contributed by atoms with Crippen LogP contribution in [0.15, 0.2) is 23.1 Å². The Labute approximate surface area is 135 Å². The van der Waals surface area contributed by atoms with E-state index < -0.39 is 0 Å². The van der Waals surface area contributed by atoms with Crippen molar-refractivity contribution in [1.29, 1.82) is 0 Å². The molecule has 1 atom stereocenters. The van der Waals surface area contributed by atoms with Crippen molar-refractivity contribution in [1.82, 2.24) is 10.2 Å². The van der Waals surface area contributed by atoms with Crippen LogP contribution in [0.2, 0.25) is 5.02 Å². The summed E-state index contributed by atoms with van der Waals surface area (Å²) in [5.74, 6) is 0.0543. The van der Waals surface area contributed by atoms with Gasteiger partial charge in [-0.1, -0.05) is 11.6 Å². The van der Waals surface area contributed by atoms with Gasteiger partial charge >= 0.3 is 0 Å². The molecule has 0 spiro atoms. The fraction of sp³-hybridized carbons (Fsp3) is 0.500. The van der Waals surface area contributed by atoms with Crippen LogP contribution >= 0.6 is 35.8 Å². The monoisotopic (exact) mass is 334 g/mol. The molecule has 0 aliphatic carbocycles. The Bertz CT molecular complexity index is 470. The van der Waals surface area contributed by atoms with Gasteiger partial charge < -0.3 is 10.2 Å². The smallest absolute Gasteiger partial charge is 0.255 e. The standard InChI is InChI=1S/C14H19ClN2OS.ClH/c1-16-9-10-4-3-7-17(10)14(18)12-8-11(19-2)5-6-13(12)15;/h5-6,8,10,16H,3-4,7,9H2,1-2H3;1H. The highest BCUT2D eigenvalue weighted by atomic mass is 35.5. The zero-order valence-electron chi connectivity index (χ0n) is 11.7. The molecule has 1 aliphatic rings. The number of carbonyl (C=O) groups excluding carboxylic acids is 1. The van der Waals surface area contributed by atoms with Crippen molar-refractivity contribution in [2.24, 2.45) is 0 Å². The molecule has 20 heavy (non-hydrogen) atoms. The number of amides is 1. The molecule has 0 radical (unpaired) electrons. The third kappa shape index (κ3) is 3.82. The normalized spacial score (nSPS) is 17.9. The Kier molecular flexibility index (Phi) is 7.17. The van der Waals surface area contributed by atoms with Crippen LogP contribution in [0.4, 0.5) is 0 Å². The van der Waals surface area contributed by atoms with E-state index in [2.05, 4.69) is 5.32 Å². The van der Waals surface area contributed by atoms with Crippen molar-refractivity contribution in [2.45, 2.75) is 23.8 Å². The number of nitrogens with one attached hydrogen (secondary N) is 1. The van der Waals surface area contributed by atoms with E-state index in [1.165, 1.54) is 0 Å². The third-order valence-electron chi connectivity index (χ3n) is 3.48. The molecule has 6 heteroatoms. The van der Waals surface area contributed by atoms with Gasteiger partial charge in [0, 0.05) is 24.0 Å². The van der Waals surface area contributed by atoms with Crippen LogP contribution in [0, 0.1) is 0 Å². The molecule has 3 nitrogen and oxygen atoms in total. The molecule has 2 rings (SSSR count). The fourth-order valence-corrected chi connectivity index (χ4v) is 3.14. The predicted octanol–water partition coefficient (Wildman–Crippen LogP) is 3.31. The number of halogens is 2. The molecule has 0 saturated carbocycles. The average molecular weight is 335 g/mol. The van der Waals surface area contributed by atoms with E-state index in [9.17, 15) is 4.79 Å². The Hall–Kier alpha value is -0.420. The Morgan fingerprint density at radius 2 is 2.30 bits per heavy atom. The maximum Gasteiger partial charge on any atom is 0.255 e. The number of benzene rings is 1. The summed E-state index contributed by atoms with van der Waals surface area (Å²) in [6, 6.07) is 5.93. The van der Waals surface area contributed by atoms with Crippen LogP contribution in [0.5, 0.6) is 0 Å². The first-order valence-electron chi connectivity index (χ1n) is 6.46. The fourth-order valence-electron chi connectivity index (χ4n) is 2.50. The highest BCUT2D eigenvalue weighted by Gasteiger charge is 2.29. The number of rotatable bonds is 4. The first-order valence-corrected chi connectivity index (χ1v) is 8.06. The first-order chi connectivity index (χ1) is 9.17. The van der Waals surface area contributed by atoms with Crippen LogP contribution in [0.25, 0.3) is 0 Å². The minimum Gasteiger partial charge on any atom is -0.334 e. The van der Waals surface area contributed by atoms with Gasteiger partial charge in [0.15, 0.2) is 0 Å². The Morgan fingerprint density at radius 1 is 1.55 bits per heavy atom. The molecule has 1 heterocycles. The summed E-state index contributed by atoms with van der Waals surface area (Å²) < 4.78 is 0. The number of hydrogen-bond donors (Lipinski definition) is 1. The molecule has 1 aromatic carbocycles. The van der Waals surface area contributed by atoms with Gasteiger partial charge in [-0.2, -0.15) is 0 Å². The zero-order valence-corrected chi connectivity index (χ0v) is 14.1. The summed E-state index contributed by atoms with van der Waals surface area (Å²) >= 11 is 7.80. The number of carbonyl (C=O) groups is 1. The maximum absolute atomic E-state index is 12.6. The predicted molar refractivity (Wildman–Crippen MR) is 88.5 cm³/mol. The minimum absolute atomic E-state index is 0. The second-order valence-electron chi connectivity index (χ2n) is 4.70. The molecule has 0 bridgehead atoms. The largest absolute Gasteiger partial charge is 0.334 e. The number of likely N-dealkylation sites (tertiary alicyclic amines) is 1. The summed E-state index contributed by atoms with van der Waals surface area (Å²) in [5.41, 5.74) is 0.622. The van der Waals surface area contributed by atoms with Crippen LogP contribution in [-0.2, 0) is 0 Å². The molecule has 1 fully saturated rings. The molecular weight excluding hydrogens is 315 g/mol. The van der Waals surface area contributed by atoms with Crippen LogP contribution < -0.4 is 5.32 Å². The molecule has 1 N–H and O–H groups in total. The highest BCUT2D eigenvalue weighted by Crippen LogP contribution is 2.27. The zero-order chi connectivity index (χ0) is 13.8. The van der Waals surface area contributed by atoms with Crippen molar-refractivity contribution in [2.75, 3.05) is 26.4 Å². The topological polar surface area (TPSA) is 32.3 Å². The van der Waals surface area contributed by atoms with Gasteiger partial charge in [-0.15, -0.1) is 24.2 Å². The summed E-state index contributed by atoms with van der Waals surface area (Å²) in [4.78, 5) is 15.6. The minimum atomic E-state index is 0. The quantitative estimate of drug-likeness (QED) is 0.857. The van der Waals surface area contributed by atoms with Crippen molar-refractivity contribution >= 4 is 41.7 Å². The van der Waals surface area contributed by atoms with Gasteiger partial charge in [0.2, 0.25) is 0 Å². The number of hydrogen-bond acceptors (Lipinski definition) is 3. The molecular formula is C14H20Cl2N2OS. The van der Waals surface area contributed by atoms with Crippen molar-refractivity contribution in [3.63, 3.8) is 0 Å². The van der Waals surface area contributed by atoms with Crippen molar-refractivity contribution in [3.05, 3.63) is 28.8 Å². The summed E-state index contributed by atoms with van der Waals surface area (Å²) in [6.45, 7) is 1.66. The van der Waals surface area contributed by atoms with Crippen molar-refractivity contribution < 1.29 is 4.79 Å². The summed E-state index contributed by atoms with van der Waals surface area (Å²) in [6.07, 6.45) is 4.13. The number of thioether (sulfide) groups is 1. The van der Waals surface area contributed by atoms with Gasteiger partial charge in [-0.3, -0.25) is 4.79 Å². The Morgan fingerprint density at radius 3 is 2.95 bits per heavy atom. The van der Waals surface area contributed by atoms with Crippen molar-refractivity contribution in [3.8, 4) is 0 Å². The highest BCUT2D eigenvalue weighted by molar-refractivity contribution is 7.98. The lowest BCUT2D eigenvalue weighted by Crippen LogP contribution is -2.40. The molecule has 0 aromatic heterocycles. The van der Waals surface area contributed by atoms with Gasteiger partial charge in [0.05, 0.1) is 10.6 Å². The Balaban J connectivity index is 0.00000200. The van der Waals surface area contributed by atoms with Crippen LogP contribution in [-0.4, -0.2) is 43.2 Å².